The van der Waals surface area contributed by atoms with Gasteiger partial charge in [0.15, 0.2) is 0 Å². The number of amides is 1. The highest BCUT2D eigenvalue weighted by molar-refractivity contribution is 7.89. The summed E-state index contributed by atoms with van der Waals surface area (Å²) in [6.07, 6.45) is 4.18. The van der Waals surface area contributed by atoms with Gasteiger partial charge in [-0.05, 0) is 37.1 Å². The molecular formula is C15H22N2O4S. The monoisotopic (exact) mass is 326 g/mol. The molecule has 0 spiro atoms. The van der Waals surface area contributed by atoms with Gasteiger partial charge in [-0.2, -0.15) is 4.31 Å². The van der Waals surface area contributed by atoms with E-state index in [1.54, 1.807) is 12.1 Å². The number of sulfonamides is 1. The minimum Gasteiger partial charge on any atom is -0.497 e. The van der Waals surface area contributed by atoms with Crippen LogP contribution in [0.15, 0.2) is 29.2 Å². The van der Waals surface area contributed by atoms with Crippen LogP contribution in [0, 0.1) is 0 Å². The summed E-state index contributed by atoms with van der Waals surface area (Å²) in [5.41, 5.74) is 0. The maximum atomic E-state index is 12.4. The molecule has 1 aliphatic rings. The van der Waals surface area contributed by atoms with Crippen molar-refractivity contribution in [2.24, 2.45) is 0 Å². The predicted octanol–water partition coefficient (Wildman–Crippen LogP) is 1.37. The molecule has 0 saturated heterocycles. The molecule has 122 valence electrons. The van der Waals surface area contributed by atoms with Crippen molar-refractivity contribution in [3.63, 3.8) is 0 Å². The van der Waals surface area contributed by atoms with Gasteiger partial charge in [0, 0.05) is 13.1 Å². The molecule has 0 unspecified atom stereocenters. The van der Waals surface area contributed by atoms with Gasteiger partial charge in [-0.1, -0.05) is 12.8 Å². The maximum Gasteiger partial charge on any atom is 0.243 e. The van der Waals surface area contributed by atoms with Gasteiger partial charge in [0.25, 0.3) is 0 Å². The van der Waals surface area contributed by atoms with Gasteiger partial charge in [0.1, 0.15) is 5.75 Å². The minimum atomic E-state index is -3.68. The zero-order chi connectivity index (χ0) is 16.2. The molecule has 0 atom stereocenters. The van der Waals surface area contributed by atoms with E-state index < -0.39 is 10.0 Å². The van der Waals surface area contributed by atoms with Crippen LogP contribution in [0.3, 0.4) is 0 Å². The van der Waals surface area contributed by atoms with Crippen LogP contribution in [0.4, 0.5) is 0 Å². The summed E-state index contributed by atoms with van der Waals surface area (Å²) in [4.78, 5) is 12.1. The smallest absolute Gasteiger partial charge is 0.243 e. The first-order valence-corrected chi connectivity index (χ1v) is 8.77. The average Bonchev–Trinajstić information content (AvgIpc) is 2.99. The predicted molar refractivity (Wildman–Crippen MR) is 83.2 cm³/mol. The normalized spacial score (nSPS) is 16.0. The molecule has 1 saturated carbocycles. The molecule has 0 bridgehead atoms. The van der Waals surface area contributed by atoms with E-state index in [-0.39, 0.29) is 23.4 Å². The third kappa shape index (κ3) is 3.98. The van der Waals surface area contributed by atoms with E-state index in [4.69, 9.17) is 4.74 Å². The lowest BCUT2D eigenvalue weighted by atomic mass is 10.2. The van der Waals surface area contributed by atoms with Crippen LogP contribution >= 0.6 is 0 Å². The maximum absolute atomic E-state index is 12.4. The number of ether oxygens (including phenoxy) is 1. The van der Waals surface area contributed by atoms with Crippen LogP contribution < -0.4 is 10.1 Å². The summed E-state index contributed by atoms with van der Waals surface area (Å²) in [5.74, 6) is 0.326. The molecule has 1 aliphatic carbocycles. The molecule has 1 aromatic carbocycles. The van der Waals surface area contributed by atoms with Crippen LogP contribution in [-0.2, 0) is 14.8 Å². The molecule has 0 aromatic heterocycles. The number of benzene rings is 1. The zero-order valence-electron chi connectivity index (χ0n) is 12.9. The number of carbonyl (C=O) groups excluding carboxylic acids is 1. The third-order valence-electron chi connectivity index (χ3n) is 3.85. The lowest BCUT2D eigenvalue weighted by Crippen LogP contribution is -2.41. The molecule has 1 amide bonds. The number of methoxy groups -OCH3 is 1. The second-order valence-corrected chi connectivity index (χ2v) is 7.53. The van der Waals surface area contributed by atoms with E-state index in [1.165, 1.54) is 26.3 Å². The van der Waals surface area contributed by atoms with Crippen molar-refractivity contribution in [3.8, 4) is 5.75 Å². The third-order valence-corrected chi connectivity index (χ3v) is 5.67. The molecule has 0 radical (unpaired) electrons. The van der Waals surface area contributed by atoms with Gasteiger partial charge in [0.05, 0.1) is 18.6 Å². The number of hydrogen-bond acceptors (Lipinski definition) is 4. The fourth-order valence-corrected chi connectivity index (χ4v) is 3.69. The summed E-state index contributed by atoms with van der Waals surface area (Å²) < 4.78 is 30.9. The number of rotatable bonds is 6. The standard InChI is InChI=1S/C15H22N2O4S/c1-17(11-15(18)16-12-5-3-4-6-12)22(19,20)14-9-7-13(21-2)8-10-14/h7-10,12H,3-6,11H2,1-2H3,(H,16,18). The number of nitrogens with zero attached hydrogens (tertiary/aromatic N) is 1. The first kappa shape index (κ1) is 16.8. The van der Waals surface area contributed by atoms with Crippen LogP contribution in [0.1, 0.15) is 25.7 Å². The number of hydrogen-bond donors (Lipinski definition) is 1. The Bertz CT molecular complexity index is 607. The first-order chi connectivity index (χ1) is 10.4. The van der Waals surface area contributed by atoms with Gasteiger partial charge < -0.3 is 10.1 Å². The Morgan fingerprint density at radius 2 is 1.86 bits per heavy atom. The Kier molecular flexibility index (Phi) is 5.42. The van der Waals surface area contributed by atoms with E-state index in [1.807, 2.05) is 0 Å². The van der Waals surface area contributed by atoms with E-state index in [0.29, 0.717) is 5.75 Å². The Balaban J connectivity index is 1.99. The van der Waals surface area contributed by atoms with Gasteiger partial charge in [-0.25, -0.2) is 8.42 Å². The highest BCUT2D eigenvalue weighted by Crippen LogP contribution is 2.19. The number of likely N-dealkylation sites (N-methyl/N-ethyl adjacent to an activating group) is 1. The molecule has 22 heavy (non-hydrogen) atoms. The molecule has 1 fully saturated rings. The largest absolute Gasteiger partial charge is 0.497 e. The van der Waals surface area contributed by atoms with Crippen molar-refractivity contribution in [2.75, 3.05) is 20.7 Å². The first-order valence-electron chi connectivity index (χ1n) is 7.33. The van der Waals surface area contributed by atoms with Crippen LogP contribution in [0.25, 0.3) is 0 Å². The van der Waals surface area contributed by atoms with Gasteiger partial charge in [-0.15, -0.1) is 0 Å². The molecule has 2 rings (SSSR count). The van der Waals surface area contributed by atoms with Gasteiger partial charge >= 0.3 is 0 Å². The summed E-state index contributed by atoms with van der Waals surface area (Å²) in [5, 5.41) is 2.89. The van der Waals surface area contributed by atoms with Crippen molar-refractivity contribution >= 4 is 15.9 Å². The summed E-state index contributed by atoms with van der Waals surface area (Å²) in [6, 6.07) is 6.29. The summed E-state index contributed by atoms with van der Waals surface area (Å²) in [7, 11) is -0.748. The van der Waals surface area contributed by atoms with E-state index in [2.05, 4.69) is 5.32 Å². The topological polar surface area (TPSA) is 75.7 Å². The molecule has 1 aromatic rings. The van der Waals surface area contributed by atoms with Crippen LogP contribution in [-0.4, -0.2) is 45.4 Å². The Labute approximate surface area is 131 Å². The zero-order valence-corrected chi connectivity index (χ0v) is 13.7. The Morgan fingerprint density at radius 3 is 2.41 bits per heavy atom. The van der Waals surface area contributed by atoms with E-state index in [0.717, 1.165) is 30.0 Å². The second kappa shape index (κ2) is 7.11. The molecular weight excluding hydrogens is 304 g/mol. The number of nitrogens with one attached hydrogen (secondary N) is 1. The fraction of sp³-hybridized carbons (Fsp3) is 0.533. The van der Waals surface area contributed by atoms with Gasteiger partial charge in [-0.3, -0.25) is 4.79 Å². The van der Waals surface area contributed by atoms with Crippen LogP contribution in [0.5, 0.6) is 5.75 Å². The SMILES string of the molecule is COc1ccc(S(=O)(=O)N(C)CC(=O)NC2CCCC2)cc1. The lowest BCUT2D eigenvalue weighted by molar-refractivity contribution is -0.121. The molecule has 7 heteroatoms. The van der Waals surface area contributed by atoms with Gasteiger partial charge in [0.2, 0.25) is 15.9 Å². The molecule has 0 aliphatic heterocycles. The lowest BCUT2D eigenvalue weighted by Gasteiger charge is -2.19. The highest BCUT2D eigenvalue weighted by Gasteiger charge is 2.24. The molecule has 6 nitrogen and oxygen atoms in total. The summed E-state index contributed by atoms with van der Waals surface area (Å²) >= 11 is 0. The van der Waals surface area contributed by atoms with Crippen molar-refractivity contribution < 1.29 is 17.9 Å². The van der Waals surface area contributed by atoms with Crippen LogP contribution in [0.2, 0.25) is 0 Å². The Morgan fingerprint density at radius 1 is 1.27 bits per heavy atom. The second-order valence-electron chi connectivity index (χ2n) is 5.49. The van der Waals surface area contributed by atoms with Crippen molar-refractivity contribution in [1.29, 1.82) is 0 Å². The van der Waals surface area contributed by atoms with Crippen molar-refractivity contribution in [1.82, 2.24) is 9.62 Å². The van der Waals surface area contributed by atoms with E-state index in [9.17, 15) is 13.2 Å². The van der Waals surface area contributed by atoms with Crippen molar-refractivity contribution in [3.05, 3.63) is 24.3 Å². The average molecular weight is 326 g/mol. The fourth-order valence-electron chi connectivity index (χ4n) is 2.56. The highest BCUT2D eigenvalue weighted by atomic mass is 32.2. The molecule has 0 heterocycles. The number of carbonyl (C=O) groups is 1. The molecule has 1 N–H and O–H groups in total. The van der Waals surface area contributed by atoms with E-state index >= 15 is 0 Å². The minimum absolute atomic E-state index is 0.143. The summed E-state index contributed by atoms with van der Waals surface area (Å²) in [6.45, 7) is -0.176. The quantitative estimate of drug-likeness (QED) is 0.857. The van der Waals surface area contributed by atoms with Crippen molar-refractivity contribution in [2.45, 2.75) is 36.6 Å². The Hall–Kier alpha value is -1.60.